The number of carbonyl (C=O) groups is 1. The molecule has 0 aliphatic rings. The summed E-state index contributed by atoms with van der Waals surface area (Å²) in [4.78, 5) is 12.2. The van der Waals surface area contributed by atoms with Gasteiger partial charge in [-0.1, -0.05) is 41.8 Å². The maximum atomic E-state index is 12.7. The first kappa shape index (κ1) is 24.7. The molecule has 1 N–H and O–H groups in total. The van der Waals surface area contributed by atoms with E-state index in [0.29, 0.717) is 22.4 Å². The highest BCUT2D eigenvalue weighted by molar-refractivity contribution is 7.86. The van der Waals surface area contributed by atoms with Gasteiger partial charge in [-0.25, -0.2) is 0 Å². The molecule has 0 heterocycles. The number of rotatable bonds is 7. The number of hydrogen-bond donors (Lipinski definition) is 1. The van der Waals surface area contributed by atoms with Crippen molar-refractivity contribution in [2.24, 2.45) is 0 Å². The van der Waals surface area contributed by atoms with Crippen LogP contribution in [0.3, 0.4) is 0 Å². The predicted molar refractivity (Wildman–Crippen MR) is 137 cm³/mol. The molecule has 7 heteroatoms. The lowest BCUT2D eigenvalue weighted by Gasteiger charge is -2.13. The number of ketones is 1. The lowest BCUT2D eigenvalue weighted by atomic mass is 10.0. The molecular weight excluding hydrogens is 476 g/mol. The molecule has 0 aromatic heterocycles. The standard InChI is InChI=1S/C29H22O6S/c1-4-21-8-7-20(3)17-27(21)35-25-15-16-26(28(18-25)36(31,32)33)34-24-13-11-23(12-14-24)29(30)22-9-5-19(2)6-10-22/h1,5-18H,2-3H3,(H,31,32,33). The number of hydrogen-bond acceptors (Lipinski definition) is 5. The van der Waals surface area contributed by atoms with Crippen LogP contribution in [-0.4, -0.2) is 18.8 Å². The van der Waals surface area contributed by atoms with Crippen molar-refractivity contribution < 1.29 is 27.2 Å². The van der Waals surface area contributed by atoms with Gasteiger partial charge in [0, 0.05) is 17.2 Å². The molecule has 36 heavy (non-hydrogen) atoms. The normalized spacial score (nSPS) is 10.9. The molecule has 0 saturated heterocycles. The van der Waals surface area contributed by atoms with Crippen molar-refractivity contribution >= 4 is 15.9 Å². The van der Waals surface area contributed by atoms with Gasteiger partial charge in [-0.3, -0.25) is 9.35 Å². The first-order chi connectivity index (χ1) is 17.1. The summed E-state index contributed by atoms with van der Waals surface area (Å²) in [7, 11) is -4.65. The highest BCUT2D eigenvalue weighted by Gasteiger charge is 2.20. The summed E-state index contributed by atoms with van der Waals surface area (Å²) in [5.41, 5.74) is 3.46. The van der Waals surface area contributed by atoms with Gasteiger partial charge in [-0.15, -0.1) is 6.42 Å². The molecule has 0 aliphatic carbocycles. The molecule has 0 fully saturated rings. The summed E-state index contributed by atoms with van der Waals surface area (Å²) in [5.74, 6) is 3.06. The first-order valence-corrected chi connectivity index (χ1v) is 12.3. The molecule has 0 spiro atoms. The van der Waals surface area contributed by atoms with Crippen LogP contribution in [0.2, 0.25) is 0 Å². The molecule has 0 aliphatic heterocycles. The summed E-state index contributed by atoms with van der Waals surface area (Å²) in [6.45, 7) is 3.81. The van der Waals surface area contributed by atoms with E-state index in [2.05, 4.69) is 5.92 Å². The zero-order chi connectivity index (χ0) is 25.9. The van der Waals surface area contributed by atoms with Crippen LogP contribution in [0.5, 0.6) is 23.0 Å². The van der Waals surface area contributed by atoms with E-state index >= 15 is 0 Å². The van der Waals surface area contributed by atoms with Gasteiger partial charge in [-0.05, 0) is 67.9 Å². The Balaban J connectivity index is 1.59. The van der Waals surface area contributed by atoms with Crippen LogP contribution in [0, 0.1) is 26.2 Å². The monoisotopic (exact) mass is 498 g/mol. The minimum absolute atomic E-state index is 0.108. The predicted octanol–water partition coefficient (Wildman–Crippen LogP) is 6.35. The van der Waals surface area contributed by atoms with E-state index in [1.165, 1.54) is 12.1 Å². The van der Waals surface area contributed by atoms with Gasteiger partial charge in [-0.2, -0.15) is 8.42 Å². The van der Waals surface area contributed by atoms with Crippen LogP contribution in [0.4, 0.5) is 0 Å². The van der Waals surface area contributed by atoms with E-state index in [0.717, 1.165) is 17.2 Å². The highest BCUT2D eigenvalue weighted by Crippen LogP contribution is 2.35. The fourth-order valence-electron chi connectivity index (χ4n) is 3.47. The lowest BCUT2D eigenvalue weighted by Crippen LogP contribution is -2.03. The third-order valence-electron chi connectivity index (χ3n) is 5.37. The Bertz CT molecular complexity index is 1580. The van der Waals surface area contributed by atoms with Crippen molar-refractivity contribution in [3.63, 3.8) is 0 Å². The SMILES string of the molecule is C#Cc1ccc(C)cc1Oc1ccc(Oc2ccc(C(=O)c3ccc(C)cc3)cc2)c(S(=O)(=O)O)c1. The minimum Gasteiger partial charge on any atom is -0.456 e. The Kier molecular flexibility index (Phi) is 6.93. The van der Waals surface area contributed by atoms with E-state index in [-0.39, 0.29) is 23.0 Å². The molecule has 0 bridgehead atoms. The number of aryl methyl sites for hydroxylation is 2. The van der Waals surface area contributed by atoms with E-state index < -0.39 is 15.0 Å². The Morgan fingerprint density at radius 2 is 1.31 bits per heavy atom. The minimum atomic E-state index is -4.65. The van der Waals surface area contributed by atoms with Gasteiger partial charge in [0.25, 0.3) is 10.1 Å². The van der Waals surface area contributed by atoms with Crippen molar-refractivity contribution in [2.45, 2.75) is 18.7 Å². The van der Waals surface area contributed by atoms with Crippen LogP contribution >= 0.6 is 0 Å². The molecule has 0 saturated carbocycles. The van der Waals surface area contributed by atoms with Gasteiger partial charge in [0.1, 0.15) is 27.9 Å². The molecule has 4 aromatic rings. The summed E-state index contributed by atoms with van der Waals surface area (Å²) >= 11 is 0. The number of ether oxygens (including phenoxy) is 2. The number of benzene rings is 4. The van der Waals surface area contributed by atoms with E-state index in [1.807, 2.05) is 32.0 Å². The average Bonchev–Trinajstić information content (AvgIpc) is 2.85. The van der Waals surface area contributed by atoms with Gasteiger partial charge in [0.2, 0.25) is 0 Å². The van der Waals surface area contributed by atoms with Crippen molar-refractivity contribution in [1.29, 1.82) is 0 Å². The summed E-state index contributed by atoms with van der Waals surface area (Å²) in [6.07, 6.45) is 5.52. The highest BCUT2D eigenvalue weighted by atomic mass is 32.2. The van der Waals surface area contributed by atoms with Crippen LogP contribution < -0.4 is 9.47 Å². The Morgan fingerprint density at radius 1 is 0.750 bits per heavy atom. The van der Waals surface area contributed by atoms with Gasteiger partial charge in [0.05, 0.1) is 5.56 Å². The number of terminal acetylenes is 1. The fourth-order valence-corrected chi connectivity index (χ4v) is 4.10. The maximum absolute atomic E-state index is 12.7. The second kappa shape index (κ2) is 10.1. The van der Waals surface area contributed by atoms with Crippen LogP contribution in [0.25, 0.3) is 0 Å². The van der Waals surface area contributed by atoms with Crippen molar-refractivity contribution in [1.82, 2.24) is 0 Å². The van der Waals surface area contributed by atoms with Crippen molar-refractivity contribution in [2.75, 3.05) is 0 Å². The zero-order valence-electron chi connectivity index (χ0n) is 19.6. The lowest BCUT2D eigenvalue weighted by molar-refractivity contribution is 0.103. The molecule has 180 valence electrons. The second-order valence-electron chi connectivity index (χ2n) is 8.15. The van der Waals surface area contributed by atoms with Gasteiger partial charge in [0.15, 0.2) is 5.78 Å². The van der Waals surface area contributed by atoms with Gasteiger partial charge < -0.3 is 9.47 Å². The molecule has 0 unspecified atom stereocenters. The molecule has 6 nitrogen and oxygen atoms in total. The zero-order valence-corrected chi connectivity index (χ0v) is 20.4. The van der Waals surface area contributed by atoms with E-state index in [1.54, 1.807) is 48.5 Å². The second-order valence-corrected chi connectivity index (χ2v) is 9.54. The van der Waals surface area contributed by atoms with Crippen LogP contribution in [0.1, 0.15) is 32.6 Å². The Morgan fingerprint density at radius 3 is 1.92 bits per heavy atom. The van der Waals surface area contributed by atoms with E-state index in [9.17, 15) is 17.8 Å². The first-order valence-electron chi connectivity index (χ1n) is 10.9. The number of carbonyl (C=O) groups excluding carboxylic acids is 1. The third kappa shape index (κ3) is 5.63. The Labute approximate surface area is 209 Å². The van der Waals surface area contributed by atoms with Crippen LogP contribution in [0.15, 0.2) is 89.8 Å². The summed E-state index contributed by atoms with van der Waals surface area (Å²) in [6, 6.07) is 22.8. The largest absolute Gasteiger partial charge is 0.456 e. The third-order valence-corrected chi connectivity index (χ3v) is 6.25. The maximum Gasteiger partial charge on any atom is 0.298 e. The smallest absolute Gasteiger partial charge is 0.298 e. The molecule has 0 amide bonds. The summed E-state index contributed by atoms with van der Waals surface area (Å²) in [5, 5.41) is 0. The average molecular weight is 499 g/mol. The molecular formula is C29H22O6S. The quantitative estimate of drug-likeness (QED) is 0.181. The molecule has 4 aromatic carbocycles. The Hall–Kier alpha value is -4.38. The fraction of sp³-hybridized carbons (Fsp3) is 0.0690. The van der Waals surface area contributed by atoms with Crippen LogP contribution in [-0.2, 0) is 10.1 Å². The van der Waals surface area contributed by atoms with Gasteiger partial charge >= 0.3 is 0 Å². The van der Waals surface area contributed by atoms with E-state index in [4.69, 9.17) is 15.9 Å². The molecule has 4 rings (SSSR count). The molecule has 0 atom stereocenters. The summed E-state index contributed by atoms with van der Waals surface area (Å²) < 4.78 is 45.5. The molecule has 0 radical (unpaired) electrons. The van der Waals surface area contributed by atoms with Crippen molar-refractivity contribution in [3.8, 4) is 35.3 Å². The topological polar surface area (TPSA) is 89.9 Å². The van der Waals surface area contributed by atoms with Crippen molar-refractivity contribution in [3.05, 3.63) is 113 Å².